The maximum atomic E-state index is 12.9. The molecule has 0 saturated carbocycles. The van der Waals surface area contributed by atoms with E-state index in [1.165, 1.54) is 5.56 Å². The number of ether oxygens (including phenoxy) is 3. The molecule has 28 heavy (non-hydrogen) atoms. The van der Waals surface area contributed by atoms with Gasteiger partial charge in [-0.3, -0.25) is 4.79 Å². The Morgan fingerprint density at radius 3 is 2.50 bits per heavy atom. The molecule has 1 heterocycles. The Kier molecular flexibility index (Phi) is 6.80. The highest BCUT2D eigenvalue weighted by molar-refractivity contribution is 5.77. The predicted octanol–water partition coefficient (Wildman–Crippen LogP) is 4.40. The number of benzene rings is 2. The first-order valence-electron chi connectivity index (χ1n) is 9.89. The minimum Gasteiger partial charge on any atom is -0.494 e. The summed E-state index contributed by atoms with van der Waals surface area (Å²) in [6, 6.07) is 14.1. The number of nitrogens with zero attached hydrogens (tertiary/aromatic N) is 1. The van der Waals surface area contributed by atoms with Crippen LogP contribution in [-0.4, -0.2) is 38.2 Å². The van der Waals surface area contributed by atoms with E-state index in [-0.39, 0.29) is 11.9 Å². The Bertz CT molecular complexity index is 788. The van der Waals surface area contributed by atoms with Crippen LogP contribution in [0.15, 0.2) is 42.5 Å². The van der Waals surface area contributed by atoms with Crippen molar-refractivity contribution in [3.63, 3.8) is 0 Å². The normalized spacial score (nSPS) is 16.1. The highest BCUT2D eigenvalue weighted by Gasteiger charge is 2.29. The molecule has 0 aliphatic carbocycles. The van der Waals surface area contributed by atoms with E-state index in [1.54, 1.807) is 14.2 Å². The van der Waals surface area contributed by atoms with E-state index in [4.69, 9.17) is 14.2 Å². The smallest absolute Gasteiger partial charge is 0.223 e. The van der Waals surface area contributed by atoms with Crippen molar-refractivity contribution >= 4 is 5.91 Å². The van der Waals surface area contributed by atoms with E-state index in [0.717, 1.165) is 30.7 Å². The van der Waals surface area contributed by atoms with Crippen LogP contribution in [0.2, 0.25) is 0 Å². The first-order valence-corrected chi connectivity index (χ1v) is 9.89. The second-order valence-corrected chi connectivity index (χ2v) is 6.94. The first-order chi connectivity index (χ1) is 13.7. The molecule has 1 saturated heterocycles. The summed E-state index contributed by atoms with van der Waals surface area (Å²) in [5.41, 5.74) is 2.25. The van der Waals surface area contributed by atoms with Gasteiger partial charge in [0.25, 0.3) is 0 Å². The molecular formula is C23H29NO4. The van der Waals surface area contributed by atoms with Gasteiger partial charge in [0.15, 0.2) is 11.5 Å². The lowest BCUT2D eigenvalue weighted by Gasteiger charge is -2.25. The number of amides is 1. The highest BCUT2D eigenvalue weighted by atomic mass is 16.5. The summed E-state index contributed by atoms with van der Waals surface area (Å²) in [5, 5.41) is 0. The lowest BCUT2D eigenvalue weighted by molar-refractivity contribution is -0.132. The molecule has 3 rings (SSSR count). The number of aryl methyl sites for hydroxylation is 1. The molecule has 5 nitrogen and oxygen atoms in total. The molecule has 1 fully saturated rings. The fraction of sp³-hybridized carbons (Fsp3) is 0.435. The van der Waals surface area contributed by atoms with Crippen LogP contribution in [0.4, 0.5) is 0 Å². The Balaban J connectivity index is 1.63. The molecule has 1 amide bonds. The van der Waals surface area contributed by atoms with Gasteiger partial charge in [-0.1, -0.05) is 18.2 Å². The molecule has 2 aromatic carbocycles. The van der Waals surface area contributed by atoms with E-state index < -0.39 is 0 Å². The van der Waals surface area contributed by atoms with Gasteiger partial charge in [0.2, 0.25) is 5.91 Å². The van der Waals surface area contributed by atoms with Gasteiger partial charge in [0.05, 0.1) is 26.9 Å². The molecule has 0 aromatic heterocycles. The summed E-state index contributed by atoms with van der Waals surface area (Å²) < 4.78 is 16.2. The third-order valence-electron chi connectivity index (χ3n) is 5.22. The molecule has 0 bridgehead atoms. The summed E-state index contributed by atoms with van der Waals surface area (Å²) in [6.45, 7) is 3.45. The van der Waals surface area contributed by atoms with Gasteiger partial charge < -0.3 is 19.1 Å². The van der Waals surface area contributed by atoms with Crippen LogP contribution in [0.25, 0.3) is 0 Å². The summed E-state index contributed by atoms with van der Waals surface area (Å²) in [5.74, 6) is 2.47. The minimum absolute atomic E-state index is 0.161. The summed E-state index contributed by atoms with van der Waals surface area (Å²) in [7, 11) is 3.24. The van der Waals surface area contributed by atoms with Gasteiger partial charge in [-0.25, -0.2) is 0 Å². The van der Waals surface area contributed by atoms with Gasteiger partial charge in [-0.15, -0.1) is 0 Å². The molecule has 0 spiro atoms. The van der Waals surface area contributed by atoms with E-state index in [2.05, 4.69) is 12.1 Å². The number of methoxy groups -OCH3 is 2. The molecule has 0 radical (unpaired) electrons. The van der Waals surface area contributed by atoms with Gasteiger partial charge in [0.1, 0.15) is 5.75 Å². The van der Waals surface area contributed by atoms with Crippen LogP contribution in [-0.2, 0) is 11.2 Å². The zero-order valence-corrected chi connectivity index (χ0v) is 16.9. The molecule has 1 aliphatic rings. The van der Waals surface area contributed by atoms with Crippen molar-refractivity contribution in [3.8, 4) is 17.2 Å². The van der Waals surface area contributed by atoms with Crippen LogP contribution in [0.5, 0.6) is 17.2 Å². The number of hydrogen-bond donors (Lipinski definition) is 0. The fourth-order valence-electron chi connectivity index (χ4n) is 3.80. The zero-order chi connectivity index (χ0) is 19.9. The van der Waals surface area contributed by atoms with Crippen molar-refractivity contribution in [1.29, 1.82) is 0 Å². The SMILES string of the molecule is CCOc1ccc(C2CCCN2C(=O)CCc2ccc(OC)c(OC)c2)cc1. The number of likely N-dealkylation sites (tertiary alicyclic amines) is 1. The number of carbonyl (C=O) groups excluding carboxylic acids is 1. The van der Waals surface area contributed by atoms with Crippen molar-refractivity contribution < 1.29 is 19.0 Å². The average molecular weight is 383 g/mol. The molecular weight excluding hydrogens is 354 g/mol. The maximum absolute atomic E-state index is 12.9. The quantitative estimate of drug-likeness (QED) is 0.678. The second-order valence-electron chi connectivity index (χ2n) is 6.94. The average Bonchev–Trinajstić information content (AvgIpc) is 3.22. The zero-order valence-electron chi connectivity index (χ0n) is 16.9. The molecule has 5 heteroatoms. The largest absolute Gasteiger partial charge is 0.494 e. The van der Waals surface area contributed by atoms with Crippen molar-refractivity contribution in [1.82, 2.24) is 4.90 Å². The standard InChI is InChI=1S/C23H29NO4/c1-4-28-19-11-9-18(10-12-19)20-6-5-15-24(20)23(25)14-8-17-7-13-21(26-2)22(16-17)27-3/h7,9-13,16,20H,4-6,8,14-15H2,1-3H3. The molecule has 1 atom stereocenters. The van der Waals surface area contributed by atoms with Gasteiger partial charge >= 0.3 is 0 Å². The fourth-order valence-corrected chi connectivity index (χ4v) is 3.80. The van der Waals surface area contributed by atoms with E-state index in [9.17, 15) is 4.79 Å². The molecule has 2 aromatic rings. The Morgan fingerprint density at radius 1 is 1.07 bits per heavy atom. The predicted molar refractivity (Wildman–Crippen MR) is 109 cm³/mol. The minimum atomic E-state index is 0.161. The van der Waals surface area contributed by atoms with Crippen LogP contribution < -0.4 is 14.2 Å². The number of rotatable bonds is 8. The Morgan fingerprint density at radius 2 is 1.82 bits per heavy atom. The molecule has 1 unspecified atom stereocenters. The Hall–Kier alpha value is -2.69. The van der Waals surface area contributed by atoms with Crippen molar-refractivity contribution in [2.45, 2.75) is 38.6 Å². The topological polar surface area (TPSA) is 48.0 Å². The Labute approximate surface area is 167 Å². The number of hydrogen-bond acceptors (Lipinski definition) is 4. The lowest BCUT2D eigenvalue weighted by atomic mass is 10.0. The summed E-state index contributed by atoms with van der Waals surface area (Å²) >= 11 is 0. The van der Waals surface area contributed by atoms with E-state index in [0.29, 0.717) is 30.9 Å². The van der Waals surface area contributed by atoms with Crippen LogP contribution in [0.3, 0.4) is 0 Å². The van der Waals surface area contributed by atoms with Crippen LogP contribution in [0, 0.1) is 0 Å². The van der Waals surface area contributed by atoms with E-state index >= 15 is 0 Å². The van der Waals surface area contributed by atoms with Crippen LogP contribution >= 0.6 is 0 Å². The number of carbonyl (C=O) groups is 1. The van der Waals surface area contributed by atoms with Gasteiger partial charge in [-0.2, -0.15) is 0 Å². The third kappa shape index (κ3) is 4.58. The van der Waals surface area contributed by atoms with Gasteiger partial charge in [-0.05, 0) is 61.6 Å². The van der Waals surface area contributed by atoms with Gasteiger partial charge in [0, 0.05) is 13.0 Å². The lowest BCUT2D eigenvalue weighted by Crippen LogP contribution is -2.30. The molecule has 0 N–H and O–H groups in total. The highest BCUT2D eigenvalue weighted by Crippen LogP contribution is 2.34. The van der Waals surface area contributed by atoms with E-state index in [1.807, 2.05) is 42.2 Å². The second kappa shape index (κ2) is 9.49. The van der Waals surface area contributed by atoms with Crippen molar-refractivity contribution in [2.75, 3.05) is 27.4 Å². The third-order valence-corrected chi connectivity index (χ3v) is 5.22. The van der Waals surface area contributed by atoms with Crippen LogP contribution in [0.1, 0.15) is 43.4 Å². The van der Waals surface area contributed by atoms with Crippen molar-refractivity contribution in [2.24, 2.45) is 0 Å². The summed E-state index contributed by atoms with van der Waals surface area (Å²) in [4.78, 5) is 14.9. The molecule has 1 aliphatic heterocycles. The monoisotopic (exact) mass is 383 g/mol. The maximum Gasteiger partial charge on any atom is 0.223 e. The molecule has 150 valence electrons. The first kappa shape index (κ1) is 20.1. The summed E-state index contributed by atoms with van der Waals surface area (Å²) in [6.07, 6.45) is 3.23. The van der Waals surface area contributed by atoms with Crippen molar-refractivity contribution in [3.05, 3.63) is 53.6 Å².